The summed E-state index contributed by atoms with van der Waals surface area (Å²) in [6.45, 7) is 0. The van der Waals surface area contributed by atoms with Gasteiger partial charge in [-0.3, -0.25) is 4.72 Å². The van der Waals surface area contributed by atoms with Gasteiger partial charge in [0.15, 0.2) is 5.75 Å². The van der Waals surface area contributed by atoms with Crippen molar-refractivity contribution in [2.75, 3.05) is 4.72 Å². The molecule has 0 spiro atoms. The van der Waals surface area contributed by atoms with Crippen LogP contribution in [0.25, 0.3) is 0 Å². The second-order valence-electron chi connectivity index (χ2n) is 5.12. The maximum Gasteiger partial charge on any atom is 0.262 e. The van der Waals surface area contributed by atoms with Crippen LogP contribution in [0.2, 0.25) is 10.0 Å². The first kappa shape index (κ1) is 17.6. The van der Waals surface area contributed by atoms with E-state index in [1.165, 1.54) is 30.3 Å². The summed E-state index contributed by atoms with van der Waals surface area (Å²) in [6, 6.07) is 19.6. The highest BCUT2D eigenvalue weighted by atomic mass is 35.5. The molecule has 0 bridgehead atoms. The number of rotatable bonds is 5. The fourth-order valence-electron chi connectivity index (χ4n) is 2.10. The fraction of sp³-hybridized carbons (Fsp3) is 0. The van der Waals surface area contributed by atoms with Crippen molar-refractivity contribution in [3.63, 3.8) is 0 Å². The Morgan fingerprint density at radius 1 is 0.800 bits per heavy atom. The standard InChI is InChI=1S/C18H13Cl2NO3S/c19-13-6-9-16(10-7-13)25(22,23)21-17-12-14(20)8-11-18(17)24-15-4-2-1-3-5-15/h1-12,21H. The Morgan fingerprint density at radius 3 is 2.12 bits per heavy atom. The van der Waals surface area contributed by atoms with Crippen LogP contribution in [0.15, 0.2) is 77.7 Å². The first-order valence-corrected chi connectivity index (χ1v) is 9.49. The topological polar surface area (TPSA) is 55.4 Å². The molecular formula is C18H13Cl2NO3S. The lowest BCUT2D eigenvalue weighted by Gasteiger charge is -2.14. The maximum absolute atomic E-state index is 12.6. The molecule has 0 saturated carbocycles. The van der Waals surface area contributed by atoms with E-state index in [2.05, 4.69) is 4.72 Å². The molecule has 3 aromatic rings. The van der Waals surface area contributed by atoms with Gasteiger partial charge in [-0.15, -0.1) is 0 Å². The Kier molecular flexibility index (Phi) is 5.18. The molecule has 0 amide bonds. The third kappa shape index (κ3) is 4.45. The summed E-state index contributed by atoms with van der Waals surface area (Å²) in [7, 11) is -3.81. The molecule has 25 heavy (non-hydrogen) atoms. The SMILES string of the molecule is O=S(=O)(Nc1cc(Cl)ccc1Oc1ccccc1)c1ccc(Cl)cc1. The summed E-state index contributed by atoms with van der Waals surface area (Å²) in [5, 5.41) is 0.837. The van der Waals surface area contributed by atoms with Crippen molar-refractivity contribution < 1.29 is 13.2 Å². The normalized spacial score (nSPS) is 11.1. The maximum atomic E-state index is 12.6. The minimum Gasteiger partial charge on any atom is -0.455 e. The van der Waals surface area contributed by atoms with Crippen LogP contribution < -0.4 is 9.46 Å². The van der Waals surface area contributed by atoms with Gasteiger partial charge >= 0.3 is 0 Å². The van der Waals surface area contributed by atoms with Gasteiger partial charge in [-0.2, -0.15) is 0 Å². The average Bonchev–Trinajstić information content (AvgIpc) is 2.58. The average molecular weight is 394 g/mol. The van der Waals surface area contributed by atoms with Crippen molar-refractivity contribution >= 4 is 38.9 Å². The first-order chi connectivity index (χ1) is 11.9. The van der Waals surface area contributed by atoms with Crippen molar-refractivity contribution in [1.29, 1.82) is 0 Å². The second kappa shape index (κ2) is 7.35. The molecule has 7 heteroatoms. The zero-order valence-electron chi connectivity index (χ0n) is 12.8. The molecule has 0 aliphatic heterocycles. The van der Waals surface area contributed by atoms with Crippen LogP contribution in [0, 0.1) is 0 Å². The summed E-state index contributed by atoms with van der Waals surface area (Å²) in [5.41, 5.74) is 0.242. The minimum atomic E-state index is -3.81. The smallest absolute Gasteiger partial charge is 0.262 e. The zero-order chi connectivity index (χ0) is 17.9. The summed E-state index contributed by atoms with van der Waals surface area (Å²) < 4.78 is 33.4. The van der Waals surface area contributed by atoms with E-state index in [4.69, 9.17) is 27.9 Å². The molecule has 4 nitrogen and oxygen atoms in total. The Bertz CT molecular complexity index is 975. The number of ether oxygens (including phenoxy) is 1. The third-order valence-corrected chi connectivity index (χ3v) is 5.15. The van der Waals surface area contributed by atoms with Crippen LogP contribution in [-0.2, 0) is 10.0 Å². The summed E-state index contributed by atoms with van der Waals surface area (Å²) in [6.07, 6.45) is 0. The van der Waals surface area contributed by atoms with Gasteiger partial charge in [0.05, 0.1) is 10.6 Å². The molecule has 1 N–H and O–H groups in total. The van der Waals surface area contributed by atoms with E-state index in [1.807, 2.05) is 18.2 Å². The van der Waals surface area contributed by atoms with E-state index in [9.17, 15) is 8.42 Å². The van der Waals surface area contributed by atoms with Gasteiger partial charge in [-0.05, 0) is 54.6 Å². The molecule has 3 aromatic carbocycles. The monoisotopic (exact) mass is 393 g/mol. The Morgan fingerprint density at radius 2 is 1.44 bits per heavy atom. The quantitative estimate of drug-likeness (QED) is 0.614. The summed E-state index contributed by atoms with van der Waals surface area (Å²) in [5.74, 6) is 0.921. The van der Waals surface area contributed by atoms with Gasteiger partial charge in [-0.25, -0.2) is 8.42 Å². The molecule has 0 aliphatic carbocycles. The van der Waals surface area contributed by atoms with Crippen LogP contribution >= 0.6 is 23.2 Å². The zero-order valence-corrected chi connectivity index (χ0v) is 15.1. The Balaban J connectivity index is 1.93. The number of hydrogen-bond donors (Lipinski definition) is 1. The third-order valence-electron chi connectivity index (χ3n) is 3.28. The Hall–Kier alpha value is -2.21. The summed E-state index contributed by atoms with van der Waals surface area (Å²) in [4.78, 5) is 0.0857. The van der Waals surface area contributed by atoms with E-state index >= 15 is 0 Å². The van der Waals surface area contributed by atoms with Crippen molar-refractivity contribution in [3.05, 3.63) is 82.8 Å². The molecule has 0 atom stereocenters. The van der Waals surface area contributed by atoms with Crippen LogP contribution in [0.4, 0.5) is 5.69 Å². The molecule has 0 aliphatic rings. The van der Waals surface area contributed by atoms with Crippen LogP contribution in [0.1, 0.15) is 0 Å². The summed E-state index contributed by atoms with van der Waals surface area (Å²) >= 11 is 11.8. The van der Waals surface area contributed by atoms with Crippen molar-refractivity contribution in [3.8, 4) is 11.5 Å². The largest absolute Gasteiger partial charge is 0.455 e. The molecule has 0 saturated heterocycles. The van der Waals surface area contributed by atoms with Gasteiger partial charge in [0.1, 0.15) is 5.75 Å². The number of hydrogen-bond acceptors (Lipinski definition) is 3. The molecule has 0 radical (unpaired) electrons. The molecule has 128 valence electrons. The van der Waals surface area contributed by atoms with Gasteiger partial charge in [0, 0.05) is 10.0 Å². The molecule has 0 unspecified atom stereocenters. The second-order valence-corrected chi connectivity index (χ2v) is 7.67. The highest BCUT2D eigenvalue weighted by Gasteiger charge is 2.17. The predicted molar refractivity (Wildman–Crippen MR) is 100 cm³/mol. The van der Waals surface area contributed by atoms with E-state index in [-0.39, 0.29) is 10.6 Å². The number of anilines is 1. The van der Waals surface area contributed by atoms with E-state index in [0.29, 0.717) is 21.5 Å². The van der Waals surface area contributed by atoms with Gasteiger partial charge in [0.2, 0.25) is 0 Å². The fourth-order valence-corrected chi connectivity index (χ4v) is 3.46. The molecule has 0 heterocycles. The van der Waals surface area contributed by atoms with Gasteiger partial charge < -0.3 is 4.74 Å². The molecule has 0 aromatic heterocycles. The molecular weight excluding hydrogens is 381 g/mol. The van der Waals surface area contributed by atoms with Crippen molar-refractivity contribution in [2.45, 2.75) is 4.90 Å². The van der Waals surface area contributed by atoms with Gasteiger partial charge in [-0.1, -0.05) is 41.4 Å². The number of benzene rings is 3. The van der Waals surface area contributed by atoms with Crippen molar-refractivity contribution in [1.82, 2.24) is 0 Å². The van der Waals surface area contributed by atoms with Crippen LogP contribution in [0.5, 0.6) is 11.5 Å². The highest BCUT2D eigenvalue weighted by Crippen LogP contribution is 2.33. The predicted octanol–water partition coefficient (Wildman–Crippen LogP) is 5.59. The number of nitrogens with one attached hydrogen (secondary N) is 1. The highest BCUT2D eigenvalue weighted by molar-refractivity contribution is 7.92. The number of para-hydroxylation sites is 1. The number of sulfonamides is 1. The van der Waals surface area contributed by atoms with E-state index in [0.717, 1.165) is 0 Å². The van der Waals surface area contributed by atoms with Gasteiger partial charge in [0.25, 0.3) is 10.0 Å². The first-order valence-electron chi connectivity index (χ1n) is 7.25. The Labute approximate surface area is 156 Å². The lowest BCUT2D eigenvalue weighted by atomic mass is 10.3. The molecule has 3 rings (SSSR count). The van der Waals surface area contributed by atoms with E-state index < -0.39 is 10.0 Å². The lowest BCUT2D eigenvalue weighted by molar-refractivity contribution is 0.485. The van der Waals surface area contributed by atoms with Crippen LogP contribution in [0.3, 0.4) is 0 Å². The van der Waals surface area contributed by atoms with E-state index in [1.54, 1.807) is 24.3 Å². The van der Waals surface area contributed by atoms with Crippen molar-refractivity contribution in [2.24, 2.45) is 0 Å². The minimum absolute atomic E-state index is 0.0857. The van der Waals surface area contributed by atoms with Crippen LogP contribution in [-0.4, -0.2) is 8.42 Å². The lowest BCUT2D eigenvalue weighted by Crippen LogP contribution is -2.13. The molecule has 0 fully saturated rings. The number of halogens is 2.